The number of ketones is 1. The fourth-order valence-corrected chi connectivity index (χ4v) is 1.46. The number of rotatable bonds is 2. The minimum atomic E-state index is -1.04. The van der Waals surface area contributed by atoms with Crippen molar-refractivity contribution in [2.24, 2.45) is 5.73 Å². The number of carbonyl (C=O) groups excluding carboxylic acids is 2. The van der Waals surface area contributed by atoms with E-state index < -0.39 is 11.7 Å². The third kappa shape index (κ3) is 1.34. The molecule has 0 aliphatic rings. The van der Waals surface area contributed by atoms with Gasteiger partial charge in [-0.15, -0.1) is 0 Å². The van der Waals surface area contributed by atoms with Gasteiger partial charge in [-0.1, -0.05) is 0 Å². The highest BCUT2D eigenvalue weighted by molar-refractivity contribution is 6.44. The number of primary amides is 1. The van der Waals surface area contributed by atoms with Crippen LogP contribution in [-0.2, 0) is 4.79 Å². The van der Waals surface area contributed by atoms with Gasteiger partial charge in [0.05, 0.1) is 11.1 Å². The Kier molecular flexibility index (Phi) is 1.93. The lowest BCUT2D eigenvalue weighted by molar-refractivity contribution is -0.114. The summed E-state index contributed by atoms with van der Waals surface area (Å²) in [4.78, 5) is 22.1. The highest BCUT2D eigenvalue weighted by Gasteiger charge is 2.18. The van der Waals surface area contributed by atoms with Gasteiger partial charge in [-0.2, -0.15) is 0 Å². The van der Waals surface area contributed by atoms with E-state index in [4.69, 9.17) is 5.73 Å². The van der Waals surface area contributed by atoms with E-state index in [-0.39, 0.29) is 11.3 Å². The fraction of sp³-hybridized carbons (Fsp3) is 0. The largest absolute Gasteiger partial charge is 0.506 e. The molecule has 0 fully saturated rings. The molecular weight excluding hydrogens is 196 g/mol. The number of aromatic hydroxyl groups is 1. The van der Waals surface area contributed by atoms with Gasteiger partial charge in [-0.25, -0.2) is 0 Å². The molecule has 3 N–H and O–H groups in total. The van der Waals surface area contributed by atoms with Gasteiger partial charge in [0.2, 0.25) is 0 Å². The van der Waals surface area contributed by atoms with Crippen LogP contribution in [0.25, 0.3) is 5.52 Å². The molecule has 0 bridgehead atoms. The summed E-state index contributed by atoms with van der Waals surface area (Å²) in [6.07, 6.45) is 3.23. The highest BCUT2D eigenvalue weighted by Crippen LogP contribution is 2.23. The molecule has 0 aliphatic heterocycles. The summed E-state index contributed by atoms with van der Waals surface area (Å²) >= 11 is 0. The van der Waals surface area contributed by atoms with Crippen LogP contribution in [0.15, 0.2) is 30.6 Å². The van der Waals surface area contributed by atoms with Gasteiger partial charge in [-0.3, -0.25) is 9.59 Å². The van der Waals surface area contributed by atoms with Crippen LogP contribution in [0, 0.1) is 0 Å². The molecule has 0 aromatic carbocycles. The first-order valence-electron chi connectivity index (χ1n) is 4.24. The number of aromatic nitrogens is 1. The number of amides is 1. The minimum Gasteiger partial charge on any atom is -0.506 e. The van der Waals surface area contributed by atoms with Gasteiger partial charge in [0.15, 0.2) is 0 Å². The van der Waals surface area contributed by atoms with Crippen molar-refractivity contribution in [1.82, 2.24) is 4.40 Å². The molecule has 76 valence electrons. The molecule has 2 heterocycles. The SMILES string of the molecule is NC(=O)C(=O)c1ccn2cccc(O)c12. The van der Waals surface area contributed by atoms with Gasteiger partial charge in [0, 0.05) is 12.4 Å². The Balaban J connectivity index is 2.73. The zero-order valence-corrected chi connectivity index (χ0v) is 7.68. The number of hydrogen-bond donors (Lipinski definition) is 2. The van der Waals surface area contributed by atoms with Crippen molar-refractivity contribution in [2.75, 3.05) is 0 Å². The Labute approximate surface area is 84.7 Å². The van der Waals surface area contributed by atoms with E-state index in [9.17, 15) is 14.7 Å². The first-order chi connectivity index (χ1) is 7.11. The maximum Gasteiger partial charge on any atom is 0.289 e. The number of hydrogen-bond acceptors (Lipinski definition) is 3. The van der Waals surface area contributed by atoms with E-state index in [0.717, 1.165) is 0 Å². The lowest BCUT2D eigenvalue weighted by atomic mass is 10.1. The molecule has 0 spiro atoms. The minimum absolute atomic E-state index is 0.0629. The zero-order chi connectivity index (χ0) is 11.0. The predicted octanol–water partition coefficient (Wildman–Crippen LogP) is 0.313. The van der Waals surface area contributed by atoms with Crippen LogP contribution in [0.5, 0.6) is 5.75 Å². The van der Waals surface area contributed by atoms with Crippen LogP contribution >= 0.6 is 0 Å². The van der Waals surface area contributed by atoms with Crippen LogP contribution in [0.2, 0.25) is 0 Å². The zero-order valence-electron chi connectivity index (χ0n) is 7.68. The third-order valence-electron chi connectivity index (χ3n) is 2.13. The Hall–Kier alpha value is -2.30. The summed E-state index contributed by atoms with van der Waals surface area (Å²) in [5, 5.41) is 9.55. The molecule has 1 amide bonds. The molecule has 0 unspecified atom stereocenters. The number of nitrogens with zero attached hydrogens (tertiary/aromatic N) is 1. The molecule has 0 atom stereocenters. The molecule has 15 heavy (non-hydrogen) atoms. The maximum atomic E-state index is 11.4. The second-order valence-electron chi connectivity index (χ2n) is 3.07. The van der Waals surface area contributed by atoms with Crippen LogP contribution < -0.4 is 5.73 Å². The quantitative estimate of drug-likeness (QED) is 0.545. The van der Waals surface area contributed by atoms with Crippen molar-refractivity contribution in [3.63, 3.8) is 0 Å². The van der Waals surface area contributed by atoms with Crippen LogP contribution in [0.3, 0.4) is 0 Å². The molecule has 0 aliphatic carbocycles. The standard InChI is InChI=1S/C10H8N2O3/c11-10(15)9(14)6-3-5-12-4-1-2-7(13)8(6)12/h1-5,13H,(H2,11,15). The lowest BCUT2D eigenvalue weighted by Gasteiger charge is -1.99. The Morgan fingerprint density at radius 3 is 2.67 bits per heavy atom. The van der Waals surface area contributed by atoms with E-state index >= 15 is 0 Å². The van der Waals surface area contributed by atoms with E-state index in [2.05, 4.69) is 0 Å². The molecule has 5 heteroatoms. The average molecular weight is 204 g/mol. The van der Waals surface area contributed by atoms with Crippen molar-refractivity contribution < 1.29 is 14.7 Å². The molecule has 2 aromatic heterocycles. The summed E-state index contributed by atoms with van der Waals surface area (Å²) in [6, 6.07) is 4.51. The molecule has 5 nitrogen and oxygen atoms in total. The predicted molar refractivity (Wildman–Crippen MR) is 52.6 cm³/mol. The normalized spacial score (nSPS) is 10.4. The van der Waals surface area contributed by atoms with Gasteiger partial charge < -0.3 is 15.2 Å². The van der Waals surface area contributed by atoms with E-state index in [1.165, 1.54) is 12.1 Å². The number of pyridine rings is 1. The highest BCUT2D eigenvalue weighted by atomic mass is 16.3. The summed E-state index contributed by atoms with van der Waals surface area (Å²) < 4.78 is 1.55. The Bertz CT molecular complexity index is 557. The lowest BCUT2D eigenvalue weighted by Crippen LogP contribution is -2.22. The van der Waals surface area contributed by atoms with Crippen molar-refractivity contribution in [3.05, 3.63) is 36.2 Å². The molecule has 2 aromatic rings. The van der Waals surface area contributed by atoms with Crippen molar-refractivity contribution in [2.45, 2.75) is 0 Å². The van der Waals surface area contributed by atoms with Gasteiger partial charge in [0.25, 0.3) is 11.7 Å². The smallest absolute Gasteiger partial charge is 0.289 e. The van der Waals surface area contributed by atoms with Crippen molar-refractivity contribution >= 4 is 17.2 Å². The monoisotopic (exact) mass is 204 g/mol. The Morgan fingerprint density at radius 1 is 1.27 bits per heavy atom. The molecule has 0 saturated heterocycles. The number of fused-ring (bicyclic) bond motifs is 1. The van der Waals surface area contributed by atoms with Crippen LogP contribution in [0.1, 0.15) is 10.4 Å². The summed E-state index contributed by atoms with van der Waals surface area (Å²) in [6.45, 7) is 0. The molecule has 2 rings (SSSR count). The van der Waals surface area contributed by atoms with Gasteiger partial charge in [0.1, 0.15) is 5.75 Å². The number of Topliss-reactive ketones (excluding diaryl/α,β-unsaturated/α-hetero) is 1. The number of carbonyl (C=O) groups is 2. The van der Waals surface area contributed by atoms with Crippen molar-refractivity contribution in [3.8, 4) is 5.75 Å². The summed E-state index contributed by atoms with van der Waals surface area (Å²) in [7, 11) is 0. The molecular formula is C10H8N2O3. The second kappa shape index (κ2) is 3.13. The van der Waals surface area contributed by atoms with Crippen LogP contribution in [0.4, 0.5) is 0 Å². The van der Waals surface area contributed by atoms with E-state index in [0.29, 0.717) is 5.52 Å². The Morgan fingerprint density at radius 2 is 2.00 bits per heavy atom. The average Bonchev–Trinajstić information content (AvgIpc) is 2.61. The first kappa shape index (κ1) is 9.26. The summed E-state index contributed by atoms with van der Waals surface area (Å²) in [5.41, 5.74) is 5.29. The summed E-state index contributed by atoms with van der Waals surface area (Å²) in [5.74, 6) is -1.91. The van der Waals surface area contributed by atoms with E-state index in [1.807, 2.05) is 0 Å². The van der Waals surface area contributed by atoms with Gasteiger partial charge >= 0.3 is 0 Å². The maximum absolute atomic E-state index is 11.4. The fourth-order valence-electron chi connectivity index (χ4n) is 1.46. The molecule has 0 saturated carbocycles. The van der Waals surface area contributed by atoms with Gasteiger partial charge in [-0.05, 0) is 18.2 Å². The second-order valence-corrected chi connectivity index (χ2v) is 3.07. The third-order valence-corrected chi connectivity index (χ3v) is 2.13. The van der Waals surface area contributed by atoms with Crippen LogP contribution in [-0.4, -0.2) is 21.2 Å². The molecule has 0 radical (unpaired) electrons. The topological polar surface area (TPSA) is 84.8 Å². The van der Waals surface area contributed by atoms with E-state index in [1.54, 1.807) is 22.9 Å². The first-order valence-corrected chi connectivity index (χ1v) is 4.24. The number of nitrogens with two attached hydrogens (primary N) is 1. The van der Waals surface area contributed by atoms with Crippen molar-refractivity contribution in [1.29, 1.82) is 0 Å².